The molecule has 2 aliphatic carbocycles. The van der Waals surface area contributed by atoms with Gasteiger partial charge in [-0.15, -0.1) is 13.2 Å². The molecule has 1 fully saturated rings. The van der Waals surface area contributed by atoms with Gasteiger partial charge >= 0.3 is 6.36 Å². The molecule has 30 heavy (non-hydrogen) atoms. The van der Waals surface area contributed by atoms with Gasteiger partial charge in [0.05, 0.1) is 0 Å². The van der Waals surface area contributed by atoms with Gasteiger partial charge in [0.1, 0.15) is 5.60 Å². The average molecular weight is 425 g/mol. The van der Waals surface area contributed by atoms with E-state index < -0.39 is 24.1 Å². The molecule has 1 aromatic carbocycles. The van der Waals surface area contributed by atoms with Crippen LogP contribution in [-0.2, 0) is 4.74 Å². The van der Waals surface area contributed by atoms with Crippen LogP contribution in [0.1, 0.15) is 64.4 Å². The highest BCUT2D eigenvalue weighted by Gasteiger charge is 2.53. The summed E-state index contributed by atoms with van der Waals surface area (Å²) in [4.78, 5) is 0. The number of rotatable bonds is 7. The van der Waals surface area contributed by atoms with Crippen molar-refractivity contribution < 1.29 is 22.3 Å². The predicted molar refractivity (Wildman–Crippen MR) is 112 cm³/mol. The first-order chi connectivity index (χ1) is 14.2. The zero-order valence-electron chi connectivity index (χ0n) is 17.8. The van der Waals surface area contributed by atoms with E-state index in [-0.39, 0.29) is 0 Å². The molecule has 0 N–H and O–H groups in total. The van der Waals surface area contributed by atoms with Crippen molar-refractivity contribution in [1.29, 1.82) is 0 Å². The Morgan fingerprint density at radius 2 is 1.77 bits per heavy atom. The molecule has 0 spiro atoms. The van der Waals surface area contributed by atoms with Crippen LogP contribution in [0.5, 0.6) is 0 Å². The normalized spacial score (nSPS) is 30.7. The van der Waals surface area contributed by atoms with Crippen LogP contribution in [-0.4, -0.2) is 18.1 Å². The van der Waals surface area contributed by atoms with Crippen LogP contribution in [0.4, 0.5) is 17.6 Å². The molecule has 1 saturated carbocycles. The van der Waals surface area contributed by atoms with E-state index in [1.165, 1.54) is 12.2 Å². The Morgan fingerprint density at radius 1 is 1.10 bits per heavy atom. The van der Waals surface area contributed by atoms with Crippen molar-refractivity contribution in [1.82, 2.24) is 0 Å². The molecule has 5 heteroatoms. The van der Waals surface area contributed by atoms with Crippen LogP contribution < -0.4 is 0 Å². The number of ether oxygens (including phenoxy) is 1. The van der Waals surface area contributed by atoms with Gasteiger partial charge in [-0.2, -0.15) is 0 Å². The SMILES string of the molecule is CCC(C)CCC1CCC(C2(OC(F)(F)F)C=CC(c3ccccc3)=CC2F)CC1. The second-order valence-electron chi connectivity index (χ2n) is 8.93. The minimum atomic E-state index is -4.89. The van der Waals surface area contributed by atoms with Crippen molar-refractivity contribution in [3.05, 3.63) is 54.1 Å². The third-order valence-electron chi connectivity index (χ3n) is 6.93. The fraction of sp³-hybridized carbons (Fsp3) is 0.600. The summed E-state index contributed by atoms with van der Waals surface area (Å²) in [7, 11) is 0. The Hall–Kier alpha value is -1.62. The largest absolute Gasteiger partial charge is 0.523 e. The lowest BCUT2D eigenvalue weighted by molar-refractivity contribution is -0.373. The Labute approximate surface area is 177 Å². The molecule has 1 nitrogen and oxygen atoms in total. The van der Waals surface area contributed by atoms with E-state index >= 15 is 4.39 Å². The van der Waals surface area contributed by atoms with Crippen molar-refractivity contribution in [3.63, 3.8) is 0 Å². The molecule has 1 aromatic rings. The number of allylic oxidation sites excluding steroid dienone is 2. The van der Waals surface area contributed by atoms with Crippen LogP contribution in [0, 0.1) is 17.8 Å². The van der Waals surface area contributed by atoms with Crippen LogP contribution in [0.3, 0.4) is 0 Å². The molecule has 0 saturated heterocycles. The molecule has 3 unspecified atom stereocenters. The maximum absolute atomic E-state index is 15.4. The first kappa shape index (κ1) is 23.1. The van der Waals surface area contributed by atoms with Crippen LogP contribution in [0.15, 0.2) is 48.6 Å². The minimum Gasteiger partial charge on any atom is -0.277 e. The molecule has 0 heterocycles. The molecule has 0 radical (unpaired) electrons. The molecule has 2 aliphatic rings. The molecule has 0 aliphatic heterocycles. The highest BCUT2D eigenvalue weighted by molar-refractivity contribution is 5.76. The van der Waals surface area contributed by atoms with Gasteiger partial charge in [-0.3, -0.25) is 4.74 Å². The van der Waals surface area contributed by atoms with Gasteiger partial charge in [-0.05, 0) is 53.9 Å². The Morgan fingerprint density at radius 3 is 2.33 bits per heavy atom. The second-order valence-corrected chi connectivity index (χ2v) is 8.93. The van der Waals surface area contributed by atoms with Gasteiger partial charge in [0.25, 0.3) is 0 Å². The summed E-state index contributed by atoms with van der Waals surface area (Å²) >= 11 is 0. The Bertz CT molecular complexity index is 731. The maximum Gasteiger partial charge on any atom is 0.523 e. The molecule has 0 bridgehead atoms. The summed E-state index contributed by atoms with van der Waals surface area (Å²) in [6.07, 6.45) is 3.64. The molecule has 166 valence electrons. The summed E-state index contributed by atoms with van der Waals surface area (Å²) in [5, 5.41) is 0. The number of halogens is 4. The van der Waals surface area contributed by atoms with Gasteiger partial charge in [0, 0.05) is 0 Å². The summed E-state index contributed by atoms with van der Waals surface area (Å²) in [5.41, 5.74) is -0.601. The lowest BCUT2D eigenvalue weighted by Crippen LogP contribution is -2.52. The lowest BCUT2D eigenvalue weighted by Gasteiger charge is -2.44. The number of alkyl halides is 4. The van der Waals surface area contributed by atoms with E-state index in [4.69, 9.17) is 0 Å². The van der Waals surface area contributed by atoms with Crippen molar-refractivity contribution in [3.8, 4) is 0 Å². The second kappa shape index (κ2) is 9.67. The van der Waals surface area contributed by atoms with E-state index in [1.54, 1.807) is 6.08 Å². The minimum absolute atomic E-state index is 0.487. The quantitative estimate of drug-likeness (QED) is 0.404. The highest BCUT2D eigenvalue weighted by Crippen LogP contribution is 2.47. The van der Waals surface area contributed by atoms with E-state index in [9.17, 15) is 13.2 Å². The van der Waals surface area contributed by atoms with Gasteiger partial charge < -0.3 is 0 Å². The molecular weight excluding hydrogens is 392 g/mol. The molecule has 0 amide bonds. The van der Waals surface area contributed by atoms with Gasteiger partial charge in [-0.1, -0.05) is 82.4 Å². The first-order valence-corrected chi connectivity index (χ1v) is 11.1. The van der Waals surface area contributed by atoms with E-state index in [0.29, 0.717) is 30.3 Å². The van der Waals surface area contributed by atoms with Crippen molar-refractivity contribution in [2.45, 2.75) is 76.9 Å². The summed E-state index contributed by atoms with van der Waals surface area (Å²) in [6.45, 7) is 4.41. The monoisotopic (exact) mass is 424 g/mol. The fourth-order valence-corrected chi connectivity index (χ4v) is 4.84. The zero-order chi connectivity index (χ0) is 21.8. The van der Waals surface area contributed by atoms with E-state index in [2.05, 4.69) is 18.6 Å². The van der Waals surface area contributed by atoms with Crippen LogP contribution in [0.2, 0.25) is 0 Å². The van der Waals surface area contributed by atoms with E-state index in [1.807, 2.05) is 30.3 Å². The third-order valence-corrected chi connectivity index (χ3v) is 6.93. The van der Waals surface area contributed by atoms with E-state index in [0.717, 1.165) is 37.7 Å². The maximum atomic E-state index is 15.4. The Balaban J connectivity index is 1.75. The highest BCUT2D eigenvalue weighted by atomic mass is 19.4. The zero-order valence-corrected chi connectivity index (χ0v) is 17.8. The summed E-state index contributed by atoms with van der Waals surface area (Å²) in [6, 6.07) is 9.14. The smallest absolute Gasteiger partial charge is 0.277 e. The summed E-state index contributed by atoms with van der Waals surface area (Å²) in [5.74, 6) is 0.693. The lowest BCUT2D eigenvalue weighted by atomic mass is 9.68. The average Bonchev–Trinajstić information content (AvgIpc) is 2.73. The van der Waals surface area contributed by atoms with Crippen LogP contribution in [0.25, 0.3) is 5.57 Å². The van der Waals surface area contributed by atoms with Crippen molar-refractivity contribution in [2.75, 3.05) is 0 Å². The molecule has 0 aromatic heterocycles. The number of benzene rings is 1. The first-order valence-electron chi connectivity index (χ1n) is 11.1. The standard InChI is InChI=1S/C25H32F4O/c1-3-18(2)9-10-19-11-13-22(14-12-19)24(30-25(27,28)29)16-15-21(17-23(24)26)20-7-5-4-6-8-20/h4-8,15-19,22-23H,3,9-14H2,1-2H3. The third kappa shape index (κ3) is 5.54. The van der Waals surface area contributed by atoms with Crippen molar-refractivity contribution in [2.24, 2.45) is 17.8 Å². The fourth-order valence-electron chi connectivity index (χ4n) is 4.84. The van der Waals surface area contributed by atoms with Crippen molar-refractivity contribution >= 4 is 5.57 Å². The van der Waals surface area contributed by atoms with Crippen LogP contribution >= 0.6 is 0 Å². The molecular formula is C25H32F4O. The van der Waals surface area contributed by atoms with Gasteiger partial charge in [0.2, 0.25) is 0 Å². The van der Waals surface area contributed by atoms with Gasteiger partial charge in [-0.25, -0.2) is 4.39 Å². The summed E-state index contributed by atoms with van der Waals surface area (Å²) < 4.78 is 59.9. The topological polar surface area (TPSA) is 9.23 Å². The predicted octanol–water partition coefficient (Wildman–Crippen LogP) is 7.89. The molecule has 3 atom stereocenters. The Kier molecular flexibility index (Phi) is 7.43. The number of hydrogen-bond donors (Lipinski definition) is 0. The van der Waals surface area contributed by atoms with Gasteiger partial charge in [0.15, 0.2) is 6.17 Å². The number of hydrogen-bond acceptors (Lipinski definition) is 1. The molecule has 3 rings (SSSR count).